The van der Waals surface area contributed by atoms with Crippen molar-refractivity contribution in [3.63, 3.8) is 0 Å². The van der Waals surface area contributed by atoms with Gasteiger partial charge < -0.3 is 19.9 Å². The highest BCUT2D eigenvalue weighted by Gasteiger charge is 2.12. The monoisotopic (exact) mass is 402 g/mol. The third-order valence-electron chi connectivity index (χ3n) is 3.95. The van der Waals surface area contributed by atoms with Gasteiger partial charge in [-0.1, -0.05) is 15.9 Å². The highest BCUT2D eigenvalue weighted by Crippen LogP contribution is 2.28. The minimum atomic E-state index is -0.706. The number of hydrogen-bond donors (Lipinski definition) is 2. The van der Waals surface area contributed by atoms with Gasteiger partial charge in [-0.25, -0.2) is 0 Å². The maximum atomic E-state index is 10.5. The Morgan fingerprint density at radius 2 is 1.80 bits per heavy atom. The van der Waals surface area contributed by atoms with Gasteiger partial charge in [0.05, 0.1) is 25.8 Å². The molecule has 2 N–H and O–H groups in total. The number of hydrogen-bond acceptors (Lipinski definition) is 5. The number of nitrogens with zero attached hydrogens (tertiary/aromatic N) is 1. The van der Waals surface area contributed by atoms with Gasteiger partial charge in [-0.05, 0) is 42.0 Å². The van der Waals surface area contributed by atoms with Gasteiger partial charge in [0.25, 0.3) is 0 Å². The lowest BCUT2D eigenvalue weighted by atomic mass is 10.1. The molecule has 0 saturated heterocycles. The number of aromatic nitrogens is 1. The number of benzene rings is 2. The lowest BCUT2D eigenvalue weighted by Gasteiger charge is -2.16. The van der Waals surface area contributed by atoms with Crippen LogP contribution in [-0.2, 0) is 0 Å². The van der Waals surface area contributed by atoms with E-state index in [9.17, 15) is 5.11 Å². The fourth-order valence-electron chi connectivity index (χ4n) is 2.62. The molecular formula is C19H19BrN2O3. The van der Waals surface area contributed by atoms with E-state index >= 15 is 0 Å². The molecule has 0 saturated carbocycles. The summed E-state index contributed by atoms with van der Waals surface area (Å²) < 4.78 is 11.5. The summed E-state index contributed by atoms with van der Waals surface area (Å²) in [5, 5.41) is 14.8. The summed E-state index contributed by atoms with van der Waals surface area (Å²) in [7, 11) is 3.18. The van der Waals surface area contributed by atoms with E-state index in [1.165, 1.54) is 0 Å². The Bertz CT molecular complexity index is 863. The molecule has 0 aliphatic heterocycles. The second kappa shape index (κ2) is 7.72. The zero-order valence-electron chi connectivity index (χ0n) is 14.0. The number of ether oxygens (including phenoxy) is 2. The van der Waals surface area contributed by atoms with Gasteiger partial charge in [0, 0.05) is 34.4 Å². The number of aliphatic hydroxyl groups excluding tert-OH is 1. The van der Waals surface area contributed by atoms with Crippen LogP contribution >= 0.6 is 15.9 Å². The lowest BCUT2D eigenvalue weighted by Crippen LogP contribution is -2.12. The average Bonchev–Trinajstić information content (AvgIpc) is 2.65. The molecule has 0 fully saturated rings. The Kier molecular flexibility index (Phi) is 5.40. The molecule has 3 aromatic rings. The molecule has 1 aromatic heterocycles. The Hall–Kier alpha value is -2.31. The first-order chi connectivity index (χ1) is 12.1. The summed E-state index contributed by atoms with van der Waals surface area (Å²) in [5.41, 5.74) is 2.54. The van der Waals surface area contributed by atoms with Crippen LogP contribution in [0, 0.1) is 0 Å². The minimum absolute atomic E-state index is 0.353. The highest BCUT2D eigenvalue weighted by molar-refractivity contribution is 9.10. The van der Waals surface area contributed by atoms with Crippen molar-refractivity contribution in [3.05, 3.63) is 58.7 Å². The molecular weight excluding hydrogens is 384 g/mol. The standard InChI is InChI=1S/C19H19BrN2O3/c1-24-14-7-12(8-15(10-14)25-2)19(23)11-22-17-5-6-21-18-9-13(20)3-4-16(17)18/h3-10,19,23H,11H2,1-2H3,(H,21,22). The molecule has 1 heterocycles. The van der Waals surface area contributed by atoms with Crippen molar-refractivity contribution in [1.29, 1.82) is 0 Å². The van der Waals surface area contributed by atoms with Gasteiger partial charge in [0.1, 0.15) is 11.5 Å². The van der Waals surface area contributed by atoms with E-state index in [-0.39, 0.29) is 0 Å². The van der Waals surface area contributed by atoms with Gasteiger partial charge in [-0.15, -0.1) is 0 Å². The lowest BCUT2D eigenvalue weighted by molar-refractivity contribution is 0.190. The van der Waals surface area contributed by atoms with Gasteiger partial charge in [0.2, 0.25) is 0 Å². The Labute approximate surface area is 154 Å². The molecule has 130 valence electrons. The summed E-state index contributed by atoms with van der Waals surface area (Å²) in [5.74, 6) is 1.29. The number of nitrogens with one attached hydrogen (secondary N) is 1. The van der Waals surface area contributed by atoms with Crippen LogP contribution in [0.4, 0.5) is 5.69 Å². The van der Waals surface area contributed by atoms with E-state index in [0.717, 1.165) is 26.6 Å². The third kappa shape index (κ3) is 4.03. The number of anilines is 1. The molecule has 1 unspecified atom stereocenters. The molecule has 3 rings (SSSR count). The third-order valence-corrected chi connectivity index (χ3v) is 4.44. The van der Waals surface area contributed by atoms with E-state index in [1.54, 1.807) is 38.6 Å². The van der Waals surface area contributed by atoms with Crippen LogP contribution in [-0.4, -0.2) is 30.9 Å². The van der Waals surface area contributed by atoms with E-state index in [2.05, 4.69) is 26.2 Å². The van der Waals surface area contributed by atoms with Crippen molar-refractivity contribution in [2.45, 2.75) is 6.10 Å². The molecule has 0 bridgehead atoms. The van der Waals surface area contributed by atoms with Crippen LogP contribution in [0.5, 0.6) is 11.5 Å². The zero-order valence-corrected chi connectivity index (χ0v) is 15.6. The molecule has 0 aliphatic rings. The second-order valence-electron chi connectivity index (χ2n) is 5.56. The van der Waals surface area contributed by atoms with Crippen LogP contribution in [0.1, 0.15) is 11.7 Å². The van der Waals surface area contributed by atoms with Crippen molar-refractivity contribution in [3.8, 4) is 11.5 Å². The maximum Gasteiger partial charge on any atom is 0.122 e. The smallest absolute Gasteiger partial charge is 0.122 e. The molecule has 0 amide bonds. The van der Waals surface area contributed by atoms with Crippen molar-refractivity contribution in [2.24, 2.45) is 0 Å². The van der Waals surface area contributed by atoms with Crippen LogP contribution in [0.2, 0.25) is 0 Å². The summed E-state index contributed by atoms with van der Waals surface area (Å²) in [6.45, 7) is 0.353. The Balaban J connectivity index is 1.80. The molecule has 25 heavy (non-hydrogen) atoms. The van der Waals surface area contributed by atoms with Gasteiger partial charge in [0.15, 0.2) is 0 Å². The second-order valence-corrected chi connectivity index (χ2v) is 6.48. The normalized spacial score (nSPS) is 12.0. The summed E-state index contributed by atoms with van der Waals surface area (Å²) in [4.78, 5) is 4.37. The first-order valence-electron chi connectivity index (χ1n) is 7.80. The number of aliphatic hydroxyl groups is 1. The molecule has 5 nitrogen and oxygen atoms in total. The molecule has 6 heteroatoms. The molecule has 0 radical (unpaired) electrons. The van der Waals surface area contributed by atoms with E-state index in [1.807, 2.05) is 24.3 Å². The number of fused-ring (bicyclic) bond motifs is 1. The van der Waals surface area contributed by atoms with Crippen LogP contribution in [0.25, 0.3) is 10.9 Å². The number of methoxy groups -OCH3 is 2. The predicted octanol–water partition coefficient (Wildman–Crippen LogP) is 4.16. The van der Waals surface area contributed by atoms with E-state index in [0.29, 0.717) is 18.0 Å². The summed E-state index contributed by atoms with van der Waals surface area (Å²) in [6.07, 6.45) is 1.04. The van der Waals surface area contributed by atoms with Gasteiger partial charge in [-0.3, -0.25) is 4.98 Å². The van der Waals surface area contributed by atoms with Crippen molar-refractivity contribution >= 4 is 32.5 Å². The van der Waals surface area contributed by atoms with E-state index < -0.39 is 6.10 Å². The minimum Gasteiger partial charge on any atom is -0.497 e. The fraction of sp³-hybridized carbons (Fsp3) is 0.211. The first kappa shape index (κ1) is 17.5. The molecule has 2 aromatic carbocycles. The predicted molar refractivity (Wildman–Crippen MR) is 102 cm³/mol. The van der Waals surface area contributed by atoms with E-state index in [4.69, 9.17) is 9.47 Å². The van der Waals surface area contributed by atoms with Crippen LogP contribution in [0.15, 0.2) is 53.1 Å². The summed E-state index contributed by atoms with van der Waals surface area (Å²) in [6, 6.07) is 13.2. The van der Waals surface area contributed by atoms with Crippen molar-refractivity contribution < 1.29 is 14.6 Å². The quantitative estimate of drug-likeness (QED) is 0.647. The average molecular weight is 403 g/mol. The van der Waals surface area contributed by atoms with Gasteiger partial charge >= 0.3 is 0 Å². The largest absolute Gasteiger partial charge is 0.497 e. The SMILES string of the molecule is COc1cc(OC)cc(C(O)CNc2ccnc3cc(Br)ccc23)c1. The molecule has 0 aliphatic carbocycles. The topological polar surface area (TPSA) is 63.6 Å². The number of halogens is 1. The fourth-order valence-corrected chi connectivity index (χ4v) is 2.97. The molecule has 0 spiro atoms. The first-order valence-corrected chi connectivity index (χ1v) is 8.59. The zero-order chi connectivity index (χ0) is 17.8. The van der Waals surface area contributed by atoms with Crippen molar-refractivity contribution in [2.75, 3.05) is 26.1 Å². The maximum absolute atomic E-state index is 10.5. The van der Waals surface area contributed by atoms with Gasteiger partial charge in [-0.2, -0.15) is 0 Å². The van der Waals surface area contributed by atoms with Crippen LogP contribution < -0.4 is 14.8 Å². The van der Waals surface area contributed by atoms with Crippen LogP contribution in [0.3, 0.4) is 0 Å². The molecule has 1 atom stereocenters. The Morgan fingerprint density at radius 3 is 2.48 bits per heavy atom. The number of pyridine rings is 1. The summed E-state index contributed by atoms with van der Waals surface area (Å²) >= 11 is 3.45. The Morgan fingerprint density at radius 1 is 1.08 bits per heavy atom. The number of rotatable bonds is 6. The van der Waals surface area contributed by atoms with Crippen molar-refractivity contribution in [1.82, 2.24) is 4.98 Å². The highest BCUT2D eigenvalue weighted by atomic mass is 79.9.